The predicted molar refractivity (Wildman–Crippen MR) is 143 cm³/mol. The molecule has 0 radical (unpaired) electrons. The molecule has 4 rings (SSSR count). The molecule has 0 aromatic heterocycles. The zero-order valence-corrected chi connectivity index (χ0v) is 22.1. The van der Waals surface area contributed by atoms with Gasteiger partial charge in [-0.05, 0) is 48.2 Å². The van der Waals surface area contributed by atoms with Gasteiger partial charge in [0.05, 0.1) is 23.6 Å². The summed E-state index contributed by atoms with van der Waals surface area (Å²) in [5.41, 5.74) is 1.31. The van der Waals surface area contributed by atoms with Crippen LogP contribution in [0.5, 0.6) is 17.2 Å². The lowest BCUT2D eigenvalue weighted by molar-refractivity contribution is -0.123. The molecule has 1 saturated heterocycles. The smallest absolute Gasteiger partial charge is 0.293 e. The van der Waals surface area contributed by atoms with Crippen LogP contribution in [0.1, 0.15) is 11.1 Å². The summed E-state index contributed by atoms with van der Waals surface area (Å²) in [4.78, 5) is 26.9. The summed E-state index contributed by atoms with van der Waals surface area (Å²) in [5, 5.41) is 1.07. The van der Waals surface area contributed by atoms with Gasteiger partial charge in [-0.25, -0.2) is 0 Å². The van der Waals surface area contributed by atoms with Gasteiger partial charge in [-0.2, -0.15) is 0 Å². The number of rotatable bonds is 9. The largest absolute Gasteiger partial charge is 0.493 e. The molecular formula is C26H20Cl3NO5S. The molecule has 0 unspecified atom stereocenters. The first kappa shape index (κ1) is 26.2. The number of imide groups is 1. The summed E-state index contributed by atoms with van der Waals surface area (Å²) in [6.45, 7) is 0.353. The maximum absolute atomic E-state index is 13.0. The fourth-order valence-electron chi connectivity index (χ4n) is 3.39. The van der Waals surface area contributed by atoms with Gasteiger partial charge in [0.2, 0.25) is 0 Å². The van der Waals surface area contributed by atoms with E-state index in [1.165, 1.54) is 7.11 Å². The van der Waals surface area contributed by atoms with Gasteiger partial charge in [0.15, 0.2) is 11.5 Å². The molecule has 0 spiro atoms. The van der Waals surface area contributed by atoms with E-state index < -0.39 is 5.91 Å². The Morgan fingerprint density at radius 2 is 1.69 bits per heavy atom. The molecule has 0 saturated carbocycles. The number of carbonyl (C=O) groups is 2. The van der Waals surface area contributed by atoms with Crippen molar-refractivity contribution in [1.82, 2.24) is 4.90 Å². The number of methoxy groups -OCH3 is 1. The zero-order valence-electron chi connectivity index (χ0n) is 19.0. The Bertz CT molecular complexity index is 1330. The molecule has 0 atom stereocenters. The maximum Gasteiger partial charge on any atom is 0.293 e. The van der Waals surface area contributed by atoms with Crippen molar-refractivity contribution in [3.05, 3.63) is 91.8 Å². The zero-order chi connectivity index (χ0) is 25.7. The van der Waals surface area contributed by atoms with Gasteiger partial charge in [0.25, 0.3) is 11.1 Å². The van der Waals surface area contributed by atoms with E-state index in [0.717, 1.165) is 22.2 Å². The van der Waals surface area contributed by atoms with E-state index in [1.807, 2.05) is 0 Å². The first-order valence-corrected chi connectivity index (χ1v) is 12.7. The Hall–Kier alpha value is -2.84. The highest BCUT2D eigenvalue weighted by Crippen LogP contribution is 2.38. The normalized spacial score (nSPS) is 14.4. The molecule has 3 aromatic carbocycles. The molecular weight excluding hydrogens is 545 g/mol. The third-order valence-electron chi connectivity index (χ3n) is 5.19. The summed E-state index contributed by atoms with van der Waals surface area (Å²) < 4.78 is 17.1. The number of halogens is 3. The molecule has 1 heterocycles. The van der Waals surface area contributed by atoms with Crippen LogP contribution in [0.2, 0.25) is 15.1 Å². The van der Waals surface area contributed by atoms with Gasteiger partial charge in [-0.1, -0.05) is 65.1 Å². The van der Waals surface area contributed by atoms with Crippen LogP contribution in [-0.2, 0) is 11.4 Å². The van der Waals surface area contributed by atoms with Crippen molar-refractivity contribution in [2.45, 2.75) is 6.61 Å². The van der Waals surface area contributed by atoms with Gasteiger partial charge < -0.3 is 14.2 Å². The van der Waals surface area contributed by atoms with E-state index in [0.29, 0.717) is 37.9 Å². The van der Waals surface area contributed by atoms with Gasteiger partial charge in [-0.3, -0.25) is 14.5 Å². The molecule has 2 amide bonds. The van der Waals surface area contributed by atoms with E-state index in [2.05, 4.69) is 0 Å². The standard InChI is InChI=1S/C26H20Cl3NO5S/c1-33-22-8-4-5-16(24(22)35-15-17-9-10-18(27)14-20(17)29)13-23-25(31)30(26(32)36-23)11-12-34-21-7-3-2-6-19(21)28/h2-10,13-14H,11-12,15H2,1H3/b23-13-. The topological polar surface area (TPSA) is 65.1 Å². The third-order valence-corrected chi connectivity index (χ3v) is 6.99. The Labute approximate surface area is 227 Å². The first-order valence-electron chi connectivity index (χ1n) is 10.7. The molecule has 1 fully saturated rings. The average Bonchev–Trinajstić information content (AvgIpc) is 3.12. The van der Waals surface area contributed by atoms with Crippen LogP contribution in [0.3, 0.4) is 0 Å². The molecule has 6 nitrogen and oxygen atoms in total. The van der Waals surface area contributed by atoms with E-state index >= 15 is 0 Å². The first-order chi connectivity index (χ1) is 17.4. The van der Waals surface area contributed by atoms with Crippen LogP contribution < -0.4 is 14.2 Å². The lowest BCUT2D eigenvalue weighted by atomic mass is 10.1. The molecule has 0 bridgehead atoms. The number of hydrogen-bond acceptors (Lipinski definition) is 6. The highest BCUT2D eigenvalue weighted by Gasteiger charge is 2.35. The predicted octanol–water partition coefficient (Wildman–Crippen LogP) is 7.35. The summed E-state index contributed by atoms with van der Waals surface area (Å²) >= 11 is 19.2. The summed E-state index contributed by atoms with van der Waals surface area (Å²) in [6, 6.07) is 17.4. The number of amides is 2. The summed E-state index contributed by atoms with van der Waals surface area (Å²) in [7, 11) is 1.52. The maximum atomic E-state index is 13.0. The van der Waals surface area contributed by atoms with E-state index in [1.54, 1.807) is 66.7 Å². The summed E-state index contributed by atoms with van der Waals surface area (Å²) in [5.74, 6) is 0.962. The van der Waals surface area contributed by atoms with Crippen molar-refractivity contribution in [2.75, 3.05) is 20.3 Å². The Kier molecular flexibility index (Phi) is 8.69. The number of thioether (sulfide) groups is 1. The number of para-hydroxylation sites is 2. The second-order valence-corrected chi connectivity index (χ2v) is 9.76. The number of hydrogen-bond donors (Lipinski definition) is 0. The SMILES string of the molecule is COc1cccc(/C=C2\SC(=O)N(CCOc3ccccc3Cl)C2=O)c1OCc1ccc(Cl)cc1Cl. The average molecular weight is 565 g/mol. The number of nitrogens with zero attached hydrogens (tertiary/aromatic N) is 1. The third kappa shape index (κ3) is 6.10. The molecule has 0 aliphatic carbocycles. The van der Waals surface area contributed by atoms with Gasteiger partial charge in [0, 0.05) is 21.2 Å². The Balaban J connectivity index is 1.50. The fraction of sp³-hybridized carbons (Fsp3) is 0.154. The van der Waals surface area contributed by atoms with Crippen LogP contribution in [-0.4, -0.2) is 36.3 Å². The molecule has 36 heavy (non-hydrogen) atoms. The Morgan fingerprint density at radius 3 is 2.44 bits per heavy atom. The Morgan fingerprint density at radius 1 is 0.917 bits per heavy atom. The van der Waals surface area contributed by atoms with Crippen molar-refractivity contribution in [1.29, 1.82) is 0 Å². The second kappa shape index (κ2) is 11.9. The number of carbonyl (C=O) groups excluding carboxylic acids is 2. The van der Waals surface area contributed by atoms with Crippen LogP contribution in [0.25, 0.3) is 6.08 Å². The number of benzene rings is 3. The molecule has 1 aliphatic heterocycles. The van der Waals surface area contributed by atoms with Crippen molar-refractivity contribution >= 4 is 63.8 Å². The van der Waals surface area contributed by atoms with Gasteiger partial charge in [0.1, 0.15) is 19.0 Å². The fourth-order valence-corrected chi connectivity index (χ4v) is 4.90. The number of ether oxygens (including phenoxy) is 3. The summed E-state index contributed by atoms with van der Waals surface area (Å²) in [6.07, 6.45) is 1.61. The minimum Gasteiger partial charge on any atom is -0.493 e. The highest BCUT2D eigenvalue weighted by molar-refractivity contribution is 8.18. The van der Waals surface area contributed by atoms with Crippen LogP contribution in [0, 0.1) is 0 Å². The van der Waals surface area contributed by atoms with Crippen molar-refractivity contribution in [3.63, 3.8) is 0 Å². The lowest BCUT2D eigenvalue weighted by Crippen LogP contribution is -2.32. The van der Waals surface area contributed by atoms with Gasteiger partial charge in [-0.15, -0.1) is 0 Å². The minimum absolute atomic E-state index is 0.0871. The quantitative estimate of drug-likeness (QED) is 0.253. The van der Waals surface area contributed by atoms with Crippen molar-refractivity contribution < 1.29 is 23.8 Å². The second-order valence-electron chi connectivity index (χ2n) is 7.52. The highest BCUT2D eigenvalue weighted by atomic mass is 35.5. The molecule has 3 aromatic rings. The molecule has 0 N–H and O–H groups in total. The van der Waals surface area contributed by atoms with Crippen LogP contribution in [0.15, 0.2) is 65.6 Å². The lowest BCUT2D eigenvalue weighted by Gasteiger charge is -2.15. The van der Waals surface area contributed by atoms with Gasteiger partial charge >= 0.3 is 0 Å². The van der Waals surface area contributed by atoms with Crippen LogP contribution in [0.4, 0.5) is 4.79 Å². The molecule has 1 aliphatic rings. The van der Waals surface area contributed by atoms with Crippen molar-refractivity contribution in [2.24, 2.45) is 0 Å². The minimum atomic E-state index is -0.415. The van der Waals surface area contributed by atoms with E-state index in [4.69, 9.17) is 49.0 Å². The van der Waals surface area contributed by atoms with Crippen LogP contribution >= 0.6 is 46.6 Å². The molecule has 186 valence electrons. The van der Waals surface area contributed by atoms with Crippen molar-refractivity contribution in [3.8, 4) is 17.2 Å². The van der Waals surface area contributed by atoms with E-state index in [9.17, 15) is 9.59 Å². The monoisotopic (exact) mass is 563 g/mol. The molecule has 10 heteroatoms. The van der Waals surface area contributed by atoms with E-state index in [-0.39, 0.29) is 29.9 Å².